The van der Waals surface area contributed by atoms with Crippen molar-refractivity contribution in [2.24, 2.45) is 5.92 Å². The molecule has 1 aliphatic carbocycles. The van der Waals surface area contributed by atoms with Crippen molar-refractivity contribution in [3.05, 3.63) is 52.2 Å². The lowest BCUT2D eigenvalue weighted by Gasteiger charge is -2.31. The zero-order valence-corrected chi connectivity index (χ0v) is 22.8. The molecule has 4 rings (SSSR count). The van der Waals surface area contributed by atoms with Crippen molar-refractivity contribution in [1.29, 1.82) is 10.8 Å². The number of likely N-dealkylation sites (tertiary alicyclic amines) is 1. The average molecular weight is 560 g/mol. The molecule has 38 heavy (non-hydrogen) atoms. The van der Waals surface area contributed by atoms with Crippen LogP contribution in [0.15, 0.2) is 30.3 Å². The summed E-state index contributed by atoms with van der Waals surface area (Å²) in [4.78, 5) is 31.1. The van der Waals surface area contributed by atoms with E-state index < -0.39 is 5.91 Å². The molecular weight excluding hydrogens is 530 g/mol. The molecule has 1 aliphatic heterocycles. The number of hydrogen-bond acceptors (Lipinski definition) is 9. The van der Waals surface area contributed by atoms with Crippen molar-refractivity contribution in [1.82, 2.24) is 15.2 Å². The predicted molar refractivity (Wildman–Crippen MR) is 146 cm³/mol. The molecule has 202 valence electrons. The molecule has 0 bridgehead atoms. The topological polar surface area (TPSA) is 138 Å². The van der Waals surface area contributed by atoms with Crippen LogP contribution < -0.4 is 14.8 Å². The maximum atomic E-state index is 13.2. The standard InChI is InChI=1S/C26H30ClN5O5S/c1-35-25-19(24(33)30-14-15-3-7-17(27)8-4-15)13-20(21(31-25)23(29)38-22(28)16-5-6-16)37-18-9-11-32(12-10-18)26(34)36-2/h3-4,7-8,13,16,18,28-29H,5-6,9-12,14H2,1-2H3,(H,30,33). The Morgan fingerprint density at radius 3 is 2.42 bits per heavy atom. The molecule has 2 aromatic rings. The Labute approximate surface area is 230 Å². The van der Waals surface area contributed by atoms with Gasteiger partial charge in [0.25, 0.3) is 5.91 Å². The molecular formula is C26H30ClN5O5S. The van der Waals surface area contributed by atoms with Crippen LogP contribution >= 0.6 is 23.4 Å². The van der Waals surface area contributed by atoms with E-state index in [-0.39, 0.29) is 52.6 Å². The van der Waals surface area contributed by atoms with Gasteiger partial charge in [-0.1, -0.05) is 35.5 Å². The molecule has 1 aromatic carbocycles. The summed E-state index contributed by atoms with van der Waals surface area (Å²) in [5, 5.41) is 20.8. The number of benzene rings is 1. The van der Waals surface area contributed by atoms with Gasteiger partial charge in [0.05, 0.1) is 19.3 Å². The van der Waals surface area contributed by atoms with Gasteiger partial charge in [-0.05, 0) is 30.5 Å². The number of methoxy groups -OCH3 is 2. The zero-order chi connectivity index (χ0) is 27.2. The lowest BCUT2D eigenvalue weighted by molar-refractivity contribution is 0.0784. The molecule has 0 radical (unpaired) electrons. The molecule has 12 heteroatoms. The van der Waals surface area contributed by atoms with Gasteiger partial charge in [0.1, 0.15) is 28.2 Å². The maximum Gasteiger partial charge on any atom is 0.409 e. The van der Waals surface area contributed by atoms with Crippen molar-refractivity contribution in [3.63, 3.8) is 0 Å². The van der Waals surface area contributed by atoms with Gasteiger partial charge in [0.2, 0.25) is 5.88 Å². The van der Waals surface area contributed by atoms with Gasteiger partial charge >= 0.3 is 6.09 Å². The number of halogens is 1. The third kappa shape index (κ3) is 6.96. The summed E-state index contributed by atoms with van der Waals surface area (Å²) >= 11 is 6.98. The van der Waals surface area contributed by atoms with Gasteiger partial charge in [-0.3, -0.25) is 15.6 Å². The second-order valence-electron chi connectivity index (χ2n) is 9.05. The van der Waals surface area contributed by atoms with Crippen molar-refractivity contribution < 1.29 is 23.8 Å². The number of amides is 2. The van der Waals surface area contributed by atoms with Crippen LogP contribution in [-0.2, 0) is 11.3 Å². The summed E-state index contributed by atoms with van der Waals surface area (Å²) in [6.07, 6.45) is 2.37. The van der Waals surface area contributed by atoms with Crippen LogP contribution in [0.25, 0.3) is 0 Å². The van der Waals surface area contributed by atoms with Crippen LogP contribution in [0.5, 0.6) is 11.6 Å². The van der Waals surface area contributed by atoms with Crippen LogP contribution in [0.4, 0.5) is 4.79 Å². The molecule has 2 fully saturated rings. The lowest BCUT2D eigenvalue weighted by atomic mass is 10.1. The third-order valence-corrected chi connectivity index (χ3v) is 7.50. The van der Waals surface area contributed by atoms with Crippen LogP contribution in [0.1, 0.15) is 47.3 Å². The Morgan fingerprint density at radius 2 is 1.82 bits per heavy atom. The third-order valence-electron chi connectivity index (χ3n) is 6.30. The maximum absolute atomic E-state index is 13.2. The molecule has 1 aromatic heterocycles. The summed E-state index contributed by atoms with van der Waals surface area (Å²) in [6.45, 7) is 1.19. The first-order chi connectivity index (χ1) is 18.3. The number of hydrogen-bond donors (Lipinski definition) is 3. The molecule has 0 unspecified atom stereocenters. The number of pyridine rings is 1. The molecule has 1 saturated heterocycles. The van der Waals surface area contributed by atoms with Crippen molar-refractivity contribution >= 4 is 45.5 Å². The molecule has 2 aliphatic rings. The van der Waals surface area contributed by atoms with Gasteiger partial charge in [-0.25, -0.2) is 9.78 Å². The minimum absolute atomic E-state index is 0.0512. The van der Waals surface area contributed by atoms with E-state index in [0.717, 1.165) is 30.2 Å². The number of carbonyl (C=O) groups excluding carboxylic acids is 2. The first-order valence-electron chi connectivity index (χ1n) is 12.3. The number of thioether (sulfide) groups is 1. The van der Waals surface area contributed by atoms with Gasteiger partial charge in [0, 0.05) is 49.5 Å². The quantitative estimate of drug-likeness (QED) is 0.314. The number of rotatable bonds is 8. The fraction of sp³-hybridized carbons (Fsp3) is 0.423. The van der Waals surface area contributed by atoms with Gasteiger partial charge in [-0.2, -0.15) is 0 Å². The Morgan fingerprint density at radius 1 is 1.13 bits per heavy atom. The van der Waals surface area contributed by atoms with Crippen LogP contribution in [0.3, 0.4) is 0 Å². The molecule has 10 nitrogen and oxygen atoms in total. The Hall–Kier alpha value is -3.31. The van der Waals surface area contributed by atoms with Crippen LogP contribution in [0, 0.1) is 16.7 Å². The predicted octanol–water partition coefficient (Wildman–Crippen LogP) is 4.73. The summed E-state index contributed by atoms with van der Waals surface area (Å²) in [6, 6.07) is 8.69. The van der Waals surface area contributed by atoms with E-state index in [9.17, 15) is 9.59 Å². The smallest absolute Gasteiger partial charge is 0.409 e. The molecule has 0 atom stereocenters. The number of nitrogens with zero attached hydrogens (tertiary/aromatic N) is 2. The highest BCUT2D eigenvalue weighted by Crippen LogP contribution is 2.37. The van der Waals surface area contributed by atoms with E-state index in [1.54, 1.807) is 23.1 Å². The summed E-state index contributed by atoms with van der Waals surface area (Å²) < 4.78 is 16.5. The fourth-order valence-corrected chi connectivity index (χ4v) is 4.97. The Balaban J connectivity index is 1.56. The number of ether oxygens (including phenoxy) is 3. The number of aromatic nitrogens is 1. The Kier molecular flexibility index (Phi) is 9.11. The second kappa shape index (κ2) is 12.5. The molecule has 1 saturated carbocycles. The van der Waals surface area contributed by atoms with Crippen molar-refractivity contribution in [2.75, 3.05) is 27.3 Å². The van der Waals surface area contributed by atoms with E-state index in [0.29, 0.717) is 36.0 Å². The van der Waals surface area contributed by atoms with Crippen molar-refractivity contribution in [3.8, 4) is 11.6 Å². The second-order valence-corrected chi connectivity index (χ2v) is 10.5. The SMILES string of the molecule is COC(=O)N1CCC(Oc2cc(C(=O)NCc3ccc(Cl)cc3)c(OC)nc2C(=N)SC(=N)C2CC2)CC1. The monoisotopic (exact) mass is 559 g/mol. The van der Waals surface area contributed by atoms with Crippen LogP contribution in [0.2, 0.25) is 5.02 Å². The molecule has 3 N–H and O–H groups in total. The average Bonchev–Trinajstić information content (AvgIpc) is 3.78. The van der Waals surface area contributed by atoms with E-state index in [4.69, 9.17) is 36.6 Å². The highest BCUT2D eigenvalue weighted by Gasteiger charge is 2.31. The summed E-state index contributed by atoms with van der Waals surface area (Å²) in [5.74, 6) is 0.100. The van der Waals surface area contributed by atoms with Gasteiger partial charge < -0.3 is 24.4 Å². The van der Waals surface area contributed by atoms with Gasteiger partial charge in [0.15, 0.2) is 0 Å². The van der Waals surface area contributed by atoms with E-state index in [2.05, 4.69) is 10.3 Å². The summed E-state index contributed by atoms with van der Waals surface area (Å²) in [7, 11) is 2.76. The number of carbonyl (C=O) groups is 2. The molecule has 2 amide bonds. The van der Waals surface area contributed by atoms with Crippen LogP contribution in [-0.4, -0.2) is 65.4 Å². The van der Waals surface area contributed by atoms with E-state index in [1.807, 2.05) is 12.1 Å². The number of nitrogens with one attached hydrogen (secondary N) is 3. The lowest BCUT2D eigenvalue weighted by Crippen LogP contribution is -2.41. The minimum Gasteiger partial charge on any atom is -0.488 e. The fourth-order valence-electron chi connectivity index (χ4n) is 3.98. The highest BCUT2D eigenvalue weighted by molar-refractivity contribution is 8.26. The zero-order valence-electron chi connectivity index (χ0n) is 21.2. The minimum atomic E-state index is -0.411. The largest absolute Gasteiger partial charge is 0.488 e. The summed E-state index contributed by atoms with van der Waals surface area (Å²) in [5.41, 5.74) is 1.25. The van der Waals surface area contributed by atoms with E-state index >= 15 is 0 Å². The van der Waals surface area contributed by atoms with Crippen molar-refractivity contribution in [2.45, 2.75) is 38.3 Å². The first-order valence-corrected chi connectivity index (χ1v) is 13.4. The first kappa shape index (κ1) is 27.7. The van der Waals surface area contributed by atoms with E-state index in [1.165, 1.54) is 14.2 Å². The number of piperidine rings is 1. The molecule has 0 spiro atoms. The Bertz CT molecular complexity index is 1210. The normalized spacial score (nSPS) is 15.5. The van der Waals surface area contributed by atoms with Gasteiger partial charge in [-0.15, -0.1) is 0 Å². The molecule has 2 heterocycles. The highest BCUT2D eigenvalue weighted by atomic mass is 35.5.